The molecule has 10 heteroatoms. The van der Waals surface area contributed by atoms with Gasteiger partial charge in [-0.1, -0.05) is 43.3 Å². The summed E-state index contributed by atoms with van der Waals surface area (Å²) >= 11 is 1.28. The van der Waals surface area contributed by atoms with Gasteiger partial charge in [0, 0.05) is 24.5 Å². The van der Waals surface area contributed by atoms with Crippen molar-refractivity contribution < 1.29 is 9.59 Å². The van der Waals surface area contributed by atoms with Gasteiger partial charge in [0.1, 0.15) is 0 Å². The van der Waals surface area contributed by atoms with Crippen LogP contribution in [-0.4, -0.2) is 42.3 Å². The molecule has 0 saturated heterocycles. The number of carbonyl (C=O) groups is 2. The molecule has 0 spiro atoms. The van der Waals surface area contributed by atoms with Gasteiger partial charge in [0.15, 0.2) is 11.0 Å². The van der Waals surface area contributed by atoms with E-state index in [9.17, 15) is 9.59 Å². The summed E-state index contributed by atoms with van der Waals surface area (Å²) in [5.74, 6) is 0.760. The molecule has 1 aromatic carbocycles. The lowest BCUT2D eigenvalue weighted by Crippen LogP contribution is -2.33. The van der Waals surface area contributed by atoms with Crippen LogP contribution in [-0.2, 0) is 11.3 Å². The third-order valence-corrected chi connectivity index (χ3v) is 5.69. The van der Waals surface area contributed by atoms with Crippen LogP contribution in [0.5, 0.6) is 0 Å². The van der Waals surface area contributed by atoms with E-state index in [1.165, 1.54) is 11.8 Å². The Morgan fingerprint density at radius 2 is 1.88 bits per heavy atom. The second-order valence-corrected chi connectivity index (χ2v) is 8.50. The van der Waals surface area contributed by atoms with E-state index in [-0.39, 0.29) is 35.5 Å². The smallest absolute Gasteiger partial charge is 0.251 e. The van der Waals surface area contributed by atoms with Crippen molar-refractivity contribution in [1.82, 2.24) is 30.0 Å². The summed E-state index contributed by atoms with van der Waals surface area (Å²) in [6, 6.07) is 8.82. The minimum absolute atomic E-state index is 0.0923. The number of anilines is 1. The van der Waals surface area contributed by atoms with Gasteiger partial charge in [-0.05, 0) is 38.0 Å². The Morgan fingerprint density at radius 1 is 1.12 bits per heavy atom. The molecule has 32 heavy (non-hydrogen) atoms. The molecule has 2 N–H and O–H groups in total. The summed E-state index contributed by atoms with van der Waals surface area (Å²) in [6.45, 7) is 8.59. The summed E-state index contributed by atoms with van der Waals surface area (Å²) < 4.78 is 1.93. The van der Waals surface area contributed by atoms with Crippen LogP contribution in [0.2, 0.25) is 0 Å². The average Bonchev–Trinajstić information content (AvgIpc) is 3.18. The number of hydrogen-bond donors (Lipinski definition) is 2. The van der Waals surface area contributed by atoms with E-state index >= 15 is 0 Å². The Morgan fingerprint density at radius 3 is 2.53 bits per heavy atom. The third-order valence-electron chi connectivity index (χ3n) is 4.72. The van der Waals surface area contributed by atoms with E-state index in [1.54, 1.807) is 24.5 Å². The van der Waals surface area contributed by atoms with Gasteiger partial charge in [-0.15, -0.1) is 10.2 Å². The standard InChI is InChI=1S/C22H27N7O2S/c1-5-29-19(18(14(2)3)26-20(31)16-9-6-8-15(4)12-16)27-28-22(29)32-13-17(30)25-21-23-10-7-11-24-21/h6-12,14,18H,5,13H2,1-4H3,(H,26,31)(H,23,24,25,30)/t18-/m0/s1. The topological polar surface area (TPSA) is 115 Å². The number of aryl methyl sites for hydroxylation is 1. The first-order valence-corrected chi connectivity index (χ1v) is 11.4. The SMILES string of the molecule is CCn1c(SCC(=O)Nc2ncccn2)nnc1[C@@H](NC(=O)c1cccc(C)c1)C(C)C. The molecule has 2 amide bonds. The minimum Gasteiger partial charge on any atom is -0.342 e. The van der Waals surface area contributed by atoms with E-state index in [2.05, 4.69) is 30.8 Å². The molecule has 3 rings (SSSR count). The molecule has 2 aromatic heterocycles. The van der Waals surface area contributed by atoms with Crippen LogP contribution >= 0.6 is 11.8 Å². The van der Waals surface area contributed by atoms with Crippen molar-refractivity contribution in [2.45, 2.75) is 45.4 Å². The number of carbonyl (C=O) groups excluding carboxylic acids is 2. The molecule has 0 bridgehead atoms. The molecule has 0 aliphatic rings. The molecule has 0 saturated carbocycles. The zero-order valence-corrected chi connectivity index (χ0v) is 19.4. The molecule has 1 atom stereocenters. The van der Waals surface area contributed by atoms with Crippen molar-refractivity contribution in [3.63, 3.8) is 0 Å². The number of benzene rings is 1. The number of amides is 2. The summed E-state index contributed by atoms with van der Waals surface area (Å²) in [5, 5.41) is 15.0. The summed E-state index contributed by atoms with van der Waals surface area (Å²) in [7, 11) is 0. The number of thioether (sulfide) groups is 1. The quantitative estimate of drug-likeness (QED) is 0.478. The Kier molecular flexibility index (Phi) is 7.93. The predicted molar refractivity (Wildman–Crippen MR) is 123 cm³/mol. The fourth-order valence-corrected chi connectivity index (χ4v) is 3.94. The molecule has 3 aromatic rings. The molecule has 0 fully saturated rings. The zero-order chi connectivity index (χ0) is 23.1. The Bertz CT molecular complexity index is 1070. The molecular formula is C22H27N7O2S. The van der Waals surface area contributed by atoms with Gasteiger partial charge in [-0.25, -0.2) is 9.97 Å². The van der Waals surface area contributed by atoms with Crippen LogP contribution in [0, 0.1) is 12.8 Å². The van der Waals surface area contributed by atoms with Crippen molar-refractivity contribution in [2.75, 3.05) is 11.1 Å². The number of nitrogens with zero attached hydrogens (tertiary/aromatic N) is 5. The fraction of sp³-hybridized carbons (Fsp3) is 0.364. The van der Waals surface area contributed by atoms with Crippen molar-refractivity contribution in [1.29, 1.82) is 0 Å². The summed E-state index contributed by atoms with van der Waals surface area (Å²) in [4.78, 5) is 33.1. The van der Waals surface area contributed by atoms with Crippen LogP contribution in [0.1, 0.15) is 48.6 Å². The van der Waals surface area contributed by atoms with E-state index in [0.29, 0.717) is 23.1 Å². The molecule has 0 radical (unpaired) electrons. The van der Waals surface area contributed by atoms with Gasteiger partial charge in [0.2, 0.25) is 11.9 Å². The van der Waals surface area contributed by atoms with E-state index < -0.39 is 0 Å². The second-order valence-electron chi connectivity index (χ2n) is 7.56. The highest BCUT2D eigenvalue weighted by atomic mass is 32.2. The largest absolute Gasteiger partial charge is 0.342 e. The maximum absolute atomic E-state index is 12.8. The average molecular weight is 454 g/mol. The maximum Gasteiger partial charge on any atom is 0.251 e. The lowest BCUT2D eigenvalue weighted by molar-refractivity contribution is -0.113. The molecule has 168 valence electrons. The first-order chi connectivity index (χ1) is 15.4. The number of hydrogen-bond acceptors (Lipinski definition) is 7. The lowest BCUT2D eigenvalue weighted by atomic mass is 10.0. The lowest BCUT2D eigenvalue weighted by Gasteiger charge is -2.22. The van der Waals surface area contributed by atoms with Crippen LogP contribution in [0.4, 0.5) is 5.95 Å². The van der Waals surface area contributed by atoms with E-state index in [1.807, 2.05) is 50.5 Å². The number of aromatic nitrogens is 5. The normalized spacial score (nSPS) is 11.9. The zero-order valence-electron chi connectivity index (χ0n) is 18.6. The van der Waals surface area contributed by atoms with Gasteiger partial charge >= 0.3 is 0 Å². The Hall–Kier alpha value is -3.27. The van der Waals surface area contributed by atoms with E-state index in [4.69, 9.17) is 0 Å². The van der Waals surface area contributed by atoms with Gasteiger partial charge in [0.05, 0.1) is 11.8 Å². The van der Waals surface area contributed by atoms with Crippen molar-refractivity contribution in [2.24, 2.45) is 5.92 Å². The van der Waals surface area contributed by atoms with Gasteiger partial charge < -0.3 is 9.88 Å². The van der Waals surface area contributed by atoms with Crippen LogP contribution in [0.25, 0.3) is 0 Å². The van der Waals surface area contributed by atoms with Crippen LogP contribution < -0.4 is 10.6 Å². The molecule has 9 nitrogen and oxygen atoms in total. The molecule has 2 heterocycles. The van der Waals surface area contributed by atoms with Crippen LogP contribution in [0.15, 0.2) is 47.9 Å². The highest BCUT2D eigenvalue weighted by Crippen LogP contribution is 2.25. The summed E-state index contributed by atoms with van der Waals surface area (Å²) in [5.41, 5.74) is 1.63. The summed E-state index contributed by atoms with van der Waals surface area (Å²) in [6.07, 6.45) is 3.12. The predicted octanol–water partition coefficient (Wildman–Crippen LogP) is 3.25. The Labute approximate surface area is 191 Å². The maximum atomic E-state index is 12.8. The van der Waals surface area contributed by atoms with E-state index in [0.717, 1.165) is 5.56 Å². The van der Waals surface area contributed by atoms with Crippen molar-refractivity contribution in [3.8, 4) is 0 Å². The van der Waals surface area contributed by atoms with Gasteiger partial charge in [-0.2, -0.15) is 0 Å². The van der Waals surface area contributed by atoms with Crippen molar-refractivity contribution in [3.05, 3.63) is 59.7 Å². The van der Waals surface area contributed by atoms with Crippen LogP contribution in [0.3, 0.4) is 0 Å². The number of rotatable bonds is 9. The molecule has 0 aliphatic carbocycles. The first-order valence-electron chi connectivity index (χ1n) is 10.4. The van der Waals surface area contributed by atoms with Gasteiger partial charge in [-0.3, -0.25) is 14.9 Å². The number of nitrogens with one attached hydrogen (secondary N) is 2. The Balaban J connectivity index is 1.72. The fourth-order valence-electron chi connectivity index (χ4n) is 3.13. The van der Waals surface area contributed by atoms with Gasteiger partial charge in [0.25, 0.3) is 5.91 Å². The van der Waals surface area contributed by atoms with Crippen molar-refractivity contribution >= 4 is 29.5 Å². The molecule has 0 unspecified atom stereocenters. The first kappa shape index (κ1) is 23.4. The second kappa shape index (κ2) is 10.9. The molecule has 0 aliphatic heterocycles. The highest BCUT2D eigenvalue weighted by molar-refractivity contribution is 7.99. The minimum atomic E-state index is -0.323. The molecular weight excluding hydrogens is 426 g/mol. The monoisotopic (exact) mass is 453 g/mol. The highest BCUT2D eigenvalue weighted by Gasteiger charge is 2.26. The third kappa shape index (κ3) is 5.91.